The van der Waals surface area contributed by atoms with Crippen LogP contribution in [0.2, 0.25) is 5.02 Å². The first-order valence-corrected chi connectivity index (χ1v) is 9.33. The number of benzene rings is 1. The maximum absolute atomic E-state index is 13.2. The minimum Gasteiger partial charge on any atom is -0.468 e. The SMILES string of the molecule is Cc1coc(C(C)C)c1C(=O)Nc1cnc(-c2cc3c(cc2Cl)OC(F)(F)O3)cn1. The summed E-state index contributed by atoms with van der Waals surface area (Å²) in [5.74, 6) is 0.141. The lowest BCUT2D eigenvalue weighted by molar-refractivity contribution is -0.286. The van der Waals surface area contributed by atoms with Crippen molar-refractivity contribution in [3.63, 3.8) is 0 Å². The Morgan fingerprint density at radius 2 is 1.87 bits per heavy atom. The number of nitrogens with one attached hydrogen (secondary N) is 1. The van der Waals surface area contributed by atoms with Crippen molar-refractivity contribution in [1.82, 2.24) is 9.97 Å². The number of nitrogens with zero attached hydrogens (tertiary/aromatic N) is 2. The van der Waals surface area contributed by atoms with Crippen LogP contribution in [-0.2, 0) is 0 Å². The van der Waals surface area contributed by atoms with Crippen LogP contribution in [0.15, 0.2) is 35.2 Å². The molecule has 0 radical (unpaired) electrons. The van der Waals surface area contributed by atoms with E-state index in [0.29, 0.717) is 28.1 Å². The maximum atomic E-state index is 13.2. The van der Waals surface area contributed by atoms with Crippen molar-refractivity contribution in [3.05, 3.63) is 52.7 Å². The number of hydrogen-bond donors (Lipinski definition) is 1. The summed E-state index contributed by atoms with van der Waals surface area (Å²) in [6.45, 7) is 5.63. The van der Waals surface area contributed by atoms with Gasteiger partial charge in [-0.05, 0) is 13.0 Å². The molecule has 30 heavy (non-hydrogen) atoms. The molecule has 1 aliphatic heterocycles. The number of ether oxygens (including phenoxy) is 2. The minimum atomic E-state index is -3.75. The molecule has 4 rings (SSSR count). The zero-order valence-electron chi connectivity index (χ0n) is 16.1. The maximum Gasteiger partial charge on any atom is 0.586 e. The molecule has 3 heterocycles. The molecule has 0 spiro atoms. The number of hydrogen-bond acceptors (Lipinski definition) is 6. The van der Waals surface area contributed by atoms with Crippen molar-refractivity contribution in [2.24, 2.45) is 0 Å². The van der Waals surface area contributed by atoms with Crippen LogP contribution in [0, 0.1) is 6.92 Å². The molecule has 1 aliphatic rings. The van der Waals surface area contributed by atoms with E-state index in [0.717, 1.165) is 0 Å². The summed E-state index contributed by atoms with van der Waals surface area (Å²) in [7, 11) is 0. The summed E-state index contributed by atoms with van der Waals surface area (Å²) in [4.78, 5) is 21.0. The highest BCUT2D eigenvalue weighted by atomic mass is 35.5. The molecule has 1 amide bonds. The lowest BCUT2D eigenvalue weighted by Crippen LogP contribution is -2.25. The number of aryl methyl sites for hydroxylation is 1. The van der Waals surface area contributed by atoms with E-state index in [4.69, 9.17) is 16.0 Å². The molecule has 0 saturated carbocycles. The largest absolute Gasteiger partial charge is 0.586 e. The predicted octanol–water partition coefficient (Wildman–Crippen LogP) is 5.40. The molecule has 3 aromatic rings. The highest BCUT2D eigenvalue weighted by Gasteiger charge is 2.44. The molecule has 0 aliphatic carbocycles. The highest BCUT2D eigenvalue weighted by Crippen LogP contribution is 2.45. The Morgan fingerprint density at radius 3 is 2.50 bits per heavy atom. The van der Waals surface area contributed by atoms with Crippen LogP contribution in [0.5, 0.6) is 11.5 Å². The zero-order valence-corrected chi connectivity index (χ0v) is 16.9. The third kappa shape index (κ3) is 3.68. The van der Waals surface area contributed by atoms with Crippen molar-refractivity contribution >= 4 is 23.3 Å². The molecule has 0 bridgehead atoms. The van der Waals surface area contributed by atoms with Crippen LogP contribution in [0.4, 0.5) is 14.6 Å². The van der Waals surface area contributed by atoms with Crippen molar-refractivity contribution in [3.8, 4) is 22.8 Å². The van der Waals surface area contributed by atoms with E-state index in [-0.39, 0.29) is 34.2 Å². The number of fused-ring (bicyclic) bond motifs is 1. The number of halogens is 3. The summed E-state index contributed by atoms with van der Waals surface area (Å²) in [6.07, 6.45) is 0.490. The first-order chi connectivity index (χ1) is 14.1. The molecule has 1 aromatic carbocycles. The van der Waals surface area contributed by atoms with Crippen molar-refractivity contribution in [1.29, 1.82) is 0 Å². The van der Waals surface area contributed by atoms with Gasteiger partial charge in [0.05, 0.1) is 34.9 Å². The summed E-state index contributed by atoms with van der Waals surface area (Å²) in [5, 5.41) is 2.81. The number of carbonyl (C=O) groups excluding carboxylic acids is 1. The van der Waals surface area contributed by atoms with Gasteiger partial charge in [0.15, 0.2) is 17.3 Å². The van der Waals surface area contributed by atoms with E-state index in [2.05, 4.69) is 24.8 Å². The Balaban J connectivity index is 1.56. The Kier molecular flexibility index (Phi) is 4.85. The van der Waals surface area contributed by atoms with Gasteiger partial charge in [-0.2, -0.15) is 0 Å². The number of rotatable bonds is 4. The molecular formula is C20H16ClF2N3O4. The standard InChI is InChI=1S/C20H16ClF2N3O4/c1-9(2)18-17(10(3)8-28-18)19(27)26-16-7-24-13(6-25-16)11-4-14-15(5-12(11)21)30-20(22,23)29-14/h4-9H,1-3H3,(H,25,26,27). The lowest BCUT2D eigenvalue weighted by Gasteiger charge is -2.09. The van der Waals surface area contributed by atoms with Crippen LogP contribution < -0.4 is 14.8 Å². The van der Waals surface area contributed by atoms with Gasteiger partial charge >= 0.3 is 6.29 Å². The Bertz CT molecular complexity index is 1130. The number of carbonyl (C=O) groups is 1. The van der Waals surface area contributed by atoms with Gasteiger partial charge in [0.2, 0.25) is 0 Å². The summed E-state index contributed by atoms with van der Waals surface area (Å²) in [5.41, 5.74) is 1.80. The van der Waals surface area contributed by atoms with E-state index < -0.39 is 6.29 Å². The fourth-order valence-electron chi connectivity index (χ4n) is 3.06. The summed E-state index contributed by atoms with van der Waals surface area (Å²) < 4.78 is 40.8. The number of alkyl halides is 2. The predicted molar refractivity (Wildman–Crippen MR) is 104 cm³/mol. The van der Waals surface area contributed by atoms with Gasteiger partial charge in [-0.3, -0.25) is 9.78 Å². The number of anilines is 1. The van der Waals surface area contributed by atoms with Crippen LogP contribution in [-0.4, -0.2) is 22.2 Å². The highest BCUT2D eigenvalue weighted by molar-refractivity contribution is 6.33. The second-order valence-corrected chi connectivity index (χ2v) is 7.41. The first kappa shape index (κ1) is 20.1. The number of furan rings is 1. The fraction of sp³-hybridized carbons (Fsp3) is 0.250. The van der Waals surface area contributed by atoms with E-state index >= 15 is 0 Å². The molecule has 7 nitrogen and oxygen atoms in total. The topological polar surface area (TPSA) is 86.5 Å². The Hall–Kier alpha value is -3.20. The molecule has 10 heteroatoms. The smallest absolute Gasteiger partial charge is 0.468 e. The first-order valence-electron chi connectivity index (χ1n) is 8.96. The van der Waals surface area contributed by atoms with Crippen molar-refractivity contribution in [2.45, 2.75) is 33.0 Å². The van der Waals surface area contributed by atoms with Gasteiger partial charge in [-0.1, -0.05) is 25.4 Å². The van der Waals surface area contributed by atoms with E-state index in [1.807, 2.05) is 13.8 Å². The molecule has 156 valence electrons. The third-order valence-electron chi connectivity index (χ3n) is 4.42. The van der Waals surface area contributed by atoms with Crippen molar-refractivity contribution in [2.75, 3.05) is 5.32 Å². The van der Waals surface area contributed by atoms with E-state index in [1.54, 1.807) is 6.92 Å². The quantitative estimate of drug-likeness (QED) is 0.590. The molecule has 1 N–H and O–H groups in total. The summed E-state index contributed by atoms with van der Waals surface area (Å²) in [6, 6.07) is 2.52. The number of aromatic nitrogens is 2. The monoisotopic (exact) mass is 435 g/mol. The van der Waals surface area contributed by atoms with Crippen LogP contribution in [0.1, 0.15) is 41.4 Å². The molecule has 0 atom stereocenters. The Morgan fingerprint density at radius 1 is 1.17 bits per heavy atom. The van der Waals surface area contributed by atoms with Crippen molar-refractivity contribution < 1.29 is 27.5 Å². The van der Waals surface area contributed by atoms with E-state index in [1.165, 1.54) is 30.8 Å². The molecule has 0 saturated heterocycles. The molecule has 0 fully saturated rings. The second kappa shape index (κ2) is 7.24. The normalized spacial score (nSPS) is 14.2. The van der Waals surface area contributed by atoms with Gasteiger partial charge in [-0.15, -0.1) is 8.78 Å². The van der Waals surface area contributed by atoms with Crippen LogP contribution >= 0.6 is 11.6 Å². The molecule has 2 aromatic heterocycles. The minimum absolute atomic E-state index is 0.0356. The van der Waals surface area contributed by atoms with Crippen LogP contribution in [0.3, 0.4) is 0 Å². The lowest BCUT2D eigenvalue weighted by atomic mass is 10.0. The van der Waals surface area contributed by atoms with Gasteiger partial charge in [0, 0.05) is 23.1 Å². The number of amides is 1. The Labute approximate surface area is 175 Å². The average Bonchev–Trinajstić information content (AvgIpc) is 3.19. The van der Waals surface area contributed by atoms with Crippen LogP contribution in [0.25, 0.3) is 11.3 Å². The van der Waals surface area contributed by atoms with E-state index in [9.17, 15) is 13.6 Å². The van der Waals surface area contributed by atoms with Gasteiger partial charge in [0.1, 0.15) is 5.76 Å². The van der Waals surface area contributed by atoms with Gasteiger partial charge < -0.3 is 19.2 Å². The third-order valence-corrected chi connectivity index (χ3v) is 4.73. The van der Waals surface area contributed by atoms with Gasteiger partial charge in [0.25, 0.3) is 5.91 Å². The van der Waals surface area contributed by atoms with Gasteiger partial charge in [-0.25, -0.2) is 4.98 Å². The molecule has 0 unspecified atom stereocenters. The fourth-order valence-corrected chi connectivity index (χ4v) is 3.31. The summed E-state index contributed by atoms with van der Waals surface area (Å²) >= 11 is 6.16. The molecular weight excluding hydrogens is 420 g/mol. The zero-order chi connectivity index (χ0) is 21.6. The second-order valence-electron chi connectivity index (χ2n) is 7.00. The average molecular weight is 436 g/mol.